The van der Waals surface area contributed by atoms with E-state index in [-0.39, 0.29) is 11.2 Å². The van der Waals surface area contributed by atoms with E-state index in [0.717, 1.165) is 11.1 Å². The lowest BCUT2D eigenvalue weighted by Crippen LogP contribution is -2.23. The SMILES string of the molecule is COCCn1c(SC(C)C(=O)Nc2cc(Cl)ccc2C)nnc1-c1ccncc1. The van der Waals surface area contributed by atoms with Crippen molar-refractivity contribution >= 4 is 35.0 Å². The van der Waals surface area contributed by atoms with E-state index in [9.17, 15) is 4.79 Å². The van der Waals surface area contributed by atoms with Crippen LogP contribution in [-0.4, -0.2) is 44.6 Å². The van der Waals surface area contributed by atoms with Crippen LogP contribution in [0.25, 0.3) is 11.4 Å². The maximum atomic E-state index is 12.7. The van der Waals surface area contributed by atoms with Crippen LogP contribution in [0.2, 0.25) is 5.02 Å². The minimum atomic E-state index is -0.385. The van der Waals surface area contributed by atoms with Gasteiger partial charge in [0.2, 0.25) is 5.91 Å². The number of rotatable bonds is 8. The Hall–Kier alpha value is -2.42. The molecule has 1 N–H and O–H groups in total. The van der Waals surface area contributed by atoms with Gasteiger partial charge in [0.1, 0.15) is 0 Å². The van der Waals surface area contributed by atoms with E-state index < -0.39 is 0 Å². The Balaban J connectivity index is 1.78. The van der Waals surface area contributed by atoms with Gasteiger partial charge in [-0.1, -0.05) is 29.4 Å². The van der Waals surface area contributed by atoms with Gasteiger partial charge in [0.25, 0.3) is 0 Å². The number of amides is 1. The van der Waals surface area contributed by atoms with Crippen LogP contribution in [0.5, 0.6) is 0 Å². The summed E-state index contributed by atoms with van der Waals surface area (Å²) in [6.07, 6.45) is 3.42. The second-order valence-electron chi connectivity index (χ2n) is 6.40. The maximum Gasteiger partial charge on any atom is 0.237 e. The van der Waals surface area contributed by atoms with Gasteiger partial charge in [-0.2, -0.15) is 0 Å². The highest BCUT2D eigenvalue weighted by molar-refractivity contribution is 8.00. The number of carbonyl (C=O) groups excluding carboxylic acids is 1. The largest absolute Gasteiger partial charge is 0.383 e. The van der Waals surface area contributed by atoms with Gasteiger partial charge >= 0.3 is 0 Å². The smallest absolute Gasteiger partial charge is 0.237 e. The molecule has 2 aromatic heterocycles. The number of anilines is 1. The number of benzene rings is 1. The summed E-state index contributed by atoms with van der Waals surface area (Å²) in [4.78, 5) is 16.8. The van der Waals surface area contributed by atoms with Crippen molar-refractivity contribution in [1.29, 1.82) is 0 Å². The summed E-state index contributed by atoms with van der Waals surface area (Å²) >= 11 is 7.39. The molecule has 0 saturated heterocycles. The van der Waals surface area contributed by atoms with Crippen LogP contribution in [0.1, 0.15) is 12.5 Å². The number of nitrogens with one attached hydrogen (secondary N) is 1. The average Bonchev–Trinajstić information content (AvgIpc) is 3.12. The van der Waals surface area contributed by atoms with E-state index in [0.29, 0.717) is 34.8 Å². The van der Waals surface area contributed by atoms with Crippen molar-refractivity contribution in [1.82, 2.24) is 19.7 Å². The van der Waals surface area contributed by atoms with Crippen molar-refractivity contribution in [3.05, 3.63) is 53.3 Å². The molecule has 1 atom stereocenters. The molecule has 2 heterocycles. The van der Waals surface area contributed by atoms with E-state index in [1.54, 1.807) is 31.6 Å². The number of thioether (sulfide) groups is 1. The van der Waals surface area contributed by atoms with Crippen LogP contribution < -0.4 is 5.32 Å². The van der Waals surface area contributed by atoms with Gasteiger partial charge in [0.05, 0.1) is 18.4 Å². The lowest BCUT2D eigenvalue weighted by molar-refractivity contribution is -0.115. The number of carbonyl (C=O) groups is 1. The number of hydrogen-bond donors (Lipinski definition) is 1. The van der Waals surface area contributed by atoms with Crippen molar-refractivity contribution in [2.75, 3.05) is 19.0 Å². The zero-order valence-corrected chi connectivity index (χ0v) is 18.0. The fraction of sp³-hybridized carbons (Fsp3) is 0.300. The second kappa shape index (κ2) is 9.87. The van der Waals surface area contributed by atoms with Crippen molar-refractivity contribution in [2.24, 2.45) is 0 Å². The Kier molecular flexibility index (Phi) is 7.24. The number of pyridine rings is 1. The summed E-state index contributed by atoms with van der Waals surface area (Å²) < 4.78 is 7.18. The summed E-state index contributed by atoms with van der Waals surface area (Å²) in [5.74, 6) is 0.581. The number of hydrogen-bond acceptors (Lipinski definition) is 6. The molecule has 3 aromatic rings. The number of nitrogens with zero attached hydrogens (tertiary/aromatic N) is 4. The third-order valence-electron chi connectivity index (χ3n) is 4.28. The normalized spacial score (nSPS) is 12.0. The van der Waals surface area contributed by atoms with E-state index in [2.05, 4.69) is 20.5 Å². The minimum Gasteiger partial charge on any atom is -0.383 e. The van der Waals surface area contributed by atoms with Crippen molar-refractivity contribution in [2.45, 2.75) is 30.8 Å². The highest BCUT2D eigenvalue weighted by Crippen LogP contribution is 2.28. The molecule has 152 valence electrons. The molecule has 0 aliphatic rings. The Morgan fingerprint density at radius 2 is 2.03 bits per heavy atom. The summed E-state index contributed by atoms with van der Waals surface area (Å²) in [7, 11) is 1.65. The summed E-state index contributed by atoms with van der Waals surface area (Å²) in [6.45, 7) is 4.84. The predicted octanol–water partition coefficient (Wildman–Crippen LogP) is 4.07. The van der Waals surface area contributed by atoms with Gasteiger partial charge in [-0.15, -0.1) is 10.2 Å². The quantitative estimate of drug-likeness (QED) is 0.541. The first-order valence-corrected chi connectivity index (χ1v) is 10.3. The maximum absolute atomic E-state index is 12.7. The third-order valence-corrected chi connectivity index (χ3v) is 5.60. The first kappa shape index (κ1) is 21.3. The molecule has 0 radical (unpaired) electrons. The number of aromatic nitrogens is 4. The van der Waals surface area contributed by atoms with E-state index >= 15 is 0 Å². The molecular formula is C20H22ClN5O2S. The van der Waals surface area contributed by atoms with Crippen LogP contribution in [0.15, 0.2) is 47.9 Å². The molecule has 7 nitrogen and oxygen atoms in total. The first-order chi connectivity index (χ1) is 14.0. The standard InChI is InChI=1S/C20H22ClN5O2S/c1-13-4-5-16(21)12-17(13)23-19(27)14(2)29-20-25-24-18(26(20)10-11-28-3)15-6-8-22-9-7-15/h4-9,12,14H,10-11H2,1-3H3,(H,23,27). The van der Waals surface area contributed by atoms with Crippen molar-refractivity contribution < 1.29 is 9.53 Å². The molecule has 3 rings (SSSR count). The Morgan fingerprint density at radius 1 is 1.28 bits per heavy atom. The van der Waals surface area contributed by atoms with Crippen LogP contribution in [0.3, 0.4) is 0 Å². The molecule has 1 aromatic carbocycles. The van der Waals surface area contributed by atoms with Crippen LogP contribution >= 0.6 is 23.4 Å². The predicted molar refractivity (Wildman–Crippen MR) is 115 cm³/mol. The number of aryl methyl sites for hydroxylation is 1. The summed E-state index contributed by atoms with van der Waals surface area (Å²) in [5.41, 5.74) is 2.55. The van der Waals surface area contributed by atoms with E-state index in [1.165, 1.54) is 11.8 Å². The monoisotopic (exact) mass is 431 g/mol. The highest BCUT2D eigenvalue weighted by atomic mass is 35.5. The Morgan fingerprint density at radius 3 is 2.76 bits per heavy atom. The minimum absolute atomic E-state index is 0.132. The number of methoxy groups -OCH3 is 1. The van der Waals surface area contributed by atoms with Gasteiger partial charge in [-0.25, -0.2) is 0 Å². The average molecular weight is 432 g/mol. The molecule has 1 amide bonds. The number of halogens is 1. The fourth-order valence-electron chi connectivity index (χ4n) is 2.65. The van der Waals surface area contributed by atoms with E-state index in [4.69, 9.17) is 16.3 Å². The third kappa shape index (κ3) is 5.35. The molecule has 0 aliphatic carbocycles. The van der Waals surface area contributed by atoms with Crippen LogP contribution in [0.4, 0.5) is 5.69 Å². The van der Waals surface area contributed by atoms with Gasteiger partial charge < -0.3 is 10.1 Å². The fourth-order valence-corrected chi connectivity index (χ4v) is 3.70. The molecule has 0 aliphatic heterocycles. The topological polar surface area (TPSA) is 81.9 Å². The van der Waals surface area contributed by atoms with Gasteiger partial charge in [-0.05, 0) is 43.7 Å². The van der Waals surface area contributed by atoms with Crippen molar-refractivity contribution in [3.63, 3.8) is 0 Å². The highest BCUT2D eigenvalue weighted by Gasteiger charge is 2.21. The molecule has 0 spiro atoms. The van der Waals surface area contributed by atoms with Gasteiger partial charge in [0, 0.05) is 35.8 Å². The molecule has 29 heavy (non-hydrogen) atoms. The lowest BCUT2D eigenvalue weighted by atomic mass is 10.2. The molecule has 1 unspecified atom stereocenters. The second-order valence-corrected chi connectivity index (χ2v) is 8.14. The molecule has 9 heteroatoms. The van der Waals surface area contributed by atoms with Gasteiger partial charge in [0.15, 0.2) is 11.0 Å². The zero-order valence-electron chi connectivity index (χ0n) is 16.4. The molecular weight excluding hydrogens is 410 g/mol. The number of ether oxygens (including phenoxy) is 1. The van der Waals surface area contributed by atoms with E-state index in [1.807, 2.05) is 36.6 Å². The Labute approximate surface area is 178 Å². The summed E-state index contributed by atoms with van der Waals surface area (Å²) in [5, 5.41) is 12.4. The zero-order chi connectivity index (χ0) is 20.8. The van der Waals surface area contributed by atoms with Crippen molar-refractivity contribution in [3.8, 4) is 11.4 Å². The first-order valence-electron chi connectivity index (χ1n) is 9.05. The van der Waals surface area contributed by atoms with Crippen LogP contribution in [0, 0.1) is 6.92 Å². The molecule has 0 bridgehead atoms. The summed E-state index contributed by atoms with van der Waals surface area (Å²) in [6, 6.07) is 9.16. The van der Waals surface area contributed by atoms with Crippen LogP contribution in [-0.2, 0) is 16.1 Å². The molecule has 0 fully saturated rings. The lowest BCUT2D eigenvalue weighted by Gasteiger charge is -2.15. The van der Waals surface area contributed by atoms with Gasteiger partial charge in [-0.3, -0.25) is 14.3 Å². The molecule has 0 saturated carbocycles. The Bertz CT molecular complexity index is 980.